The molecule has 4 aromatic rings. The van der Waals surface area contributed by atoms with Crippen LogP contribution >= 0.6 is 11.6 Å². The van der Waals surface area contributed by atoms with Crippen LogP contribution in [0.4, 0.5) is 30.6 Å². The first-order valence-corrected chi connectivity index (χ1v) is 10.3. The summed E-state index contributed by atoms with van der Waals surface area (Å²) >= 11 is 5.88. The Balaban J connectivity index is 1.56. The smallest absolute Gasteiger partial charge is 0.339 e. The number of methoxy groups -OCH3 is 1. The van der Waals surface area contributed by atoms with Crippen LogP contribution in [0.25, 0.3) is 10.9 Å². The maximum atomic E-state index is 13.5. The fraction of sp³-hybridized carbons (Fsp3) is 0.0417. The molecule has 0 unspecified atom stereocenters. The molecule has 0 fully saturated rings. The molecule has 0 radical (unpaired) electrons. The van der Waals surface area contributed by atoms with Crippen LogP contribution in [-0.2, 0) is 0 Å². The number of halogens is 3. The van der Waals surface area contributed by atoms with Crippen molar-refractivity contribution in [1.29, 1.82) is 0 Å². The third kappa shape index (κ3) is 5.38. The number of amides is 2. The van der Waals surface area contributed by atoms with E-state index >= 15 is 0 Å². The van der Waals surface area contributed by atoms with E-state index in [1.54, 1.807) is 30.5 Å². The third-order valence-corrected chi connectivity index (χ3v) is 5.05. The first-order chi connectivity index (χ1) is 16.4. The van der Waals surface area contributed by atoms with Crippen molar-refractivity contribution in [3.63, 3.8) is 0 Å². The van der Waals surface area contributed by atoms with E-state index in [9.17, 15) is 13.6 Å². The molecule has 0 aliphatic heterocycles. The largest absolute Gasteiger partial charge is 0.494 e. The molecule has 3 N–H and O–H groups in total. The standard InChI is InChI=1S/C24H18ClF2N5O2/c1-34-23-12-21-17(20(8-9-28-21)30-16-6-7-19(27)18(25)10-16)11-22(23)31-24(33)32-29-13-14-2-4-15(26)5-3-14/h2-13H,1H3,(H,28,30)(H2,31,32,33)/b29-13+. The summed E-state index contributed by atoms with van der Waals surface area (Å²) in [4.78, 5) is 16.7. The molecule has 0 aliphatic carbocycles. The van der Waals surface area contributed by atoms with Crippen molar-refractivity contribution in [2.45, 2.75) is 0 Å². The molecule has 0 saturated carbocycles. The van der Waals surface area contributed by atoms with Crippen LogP contribution in [0.2, 0.25) is 5.02 Å². The van der Waals surface area contributed by atoms with Crippen LogP contribution < -0.4 is 20.8 Å². The number of rotatable bonds is 6. The number of benzene rings is 3. The number of pyridine rings is 1. The maximum Gasteiger partial charge on any atom is 0.339 e. The molecule has 1 aromatic heterocycles. The Bertz CT molecular complexity index is 1380. The second-order valence-electron chi connectivity index (χ2n) is 7.06. The number of fused-ring (bicyclic) bond motifs is 1. The van der Waals surface area contributed by atoms with Crippen molar-refractivity contribution in [2.75, 3.05) is 17.7 Å². The Morgan fingerprint density at radius 3 is 2.59 bits per heavy atom. The Labute approximate surface area is 198 Å². The minimum atomic E-state index is -0.611. The zero-order valence-electron chi connectivity index (χ0n) is 17.8. The van der Waals surface area contributed by atoms with Crippen molar-refractivity contribution in [3.05, 3.63) is 89.1 Å². The van der Waals surface area contributed by atoms with Gasteiger partial charge in [-0.2, -0.15) is 5.10 Å². The summed E-state index contributed by atoms with van der Waals surface area (Å²) in [6.07, 6.45) is 3.00. The number of hydrazone groups is 1. The molecule has 0 saturated heterocycles. The number of nitrogens with zero attached hydrogens (tertiary/aromatic N) is 2. The second-order valence-corrected chi connectivity index (χ2v) is 7.46. The first kappa shape index (κ1) is 22.9. The van der Waals surface area contributed by atoms with Gasteiger partial charge in [-0.05, 0) is 48.0 Å². The quantitative estimate of drug-likeness (QED) is 0.230. The van der Waals surface area contributed by atoms with Crippen molar-refractivity contribution in [2.24, 2.45) is 5.10 Å². The molecule has 0 aliphatic rings. The van der Waals surface area contributed by atoms with Gasteiger partial charge >= 0.3 is 6.03 Å². The summed E-state index contributed by atoms with van der Waals surface area (Å²) in [6, 6.07) is 14.4. The normalized spacial score (nSPS) is 10.9. The molecule has 0 atom stereocenters. The van der Waals surface area contributed by atoms with Gasteiger partial charge < -0.3 is 15.4 Å². The predicted molar refractivity (Wildman–Crippen MR) is 129 cm³/mol. The zero-order valence-corrected chi connectivity index (χ0v) is 18.5. The van der Waals surface area contributed by atoms with E-state index in [1.807, 2.05) is 0 Å². The summed E-state index contributed by atoms with van der Waals surface area (Å²) in [5, 5.41) is 10.4. The van der Waals surface area contributed by atoms with Crippen LogP contribution in [0.1, 0.15) is 5.56 Å². The highest BCUT2D eigenvalue weighted by atomic mass is 35.5. The Kier molecular flexibility index (Phi) is 6.84. The number of hydrogen-bond donors (Lipinski definition) is 3. The van der Waals surface area contributed by atoms with Crippen molar-refractivity contribution in [3.8, 4) is 5.75 Å². The number of aromatic nitrogens is 1. The lowest BCUT2D eigenvalue weighted by molar-refractivity contribution is 0.252. The third-order valence-electron chi connectivity index (χ3n) is 4.76. The van der Waals surface area contributed by atoms with E-state index < -0.39 is 11.8 Å². The lowest BCUT2D eigenvalue weighted by Gasteiger charge is -2.14. The van der Waals surface area contributed by atoms with Gasteiger partial charge in [-0.25, -0.2) is 19.0 Å². The van der Waals surface area contributed by atoms with Crippen molar-refractivity contribution in [1.82, 2.24) is 10.4 Å². The summed E-state index contributed by atoms with van der Waals surface area (Å²) in [5.74, 6) is -0.493. The molecular formula is C24H18ClF2N5O2. The van der Waals surface area contributed by atoms with Crippen LogP contribution in [-0.4, -0.2) is 24.3 Å². The summed E-state index contributed by atoms with van der Waals surface area (Å²) in [5.41, 5.74) is 5.19. The number of carbonyl (C=O) groups is 1. The van der Waals surface area contributed by atoms with Gasteiger partial charge in [0.05, 0.1) is 29.6 Å². The number of carbonyl (C=O) groups excluding carboxylic acids is 1. The van der Waals surface area contributed by atoms with E-state index in [4.69, 9.17) is 16.3 Å². The minimum Gasteiger partial charge on any atom is -0.494 e. The van der Waals surface area contributed by atoms with Gasteiger partial charge in [-0.15, -0.1) is 0 Å². The van der Waals surface area contributed by atoms with E-state index in [0.29, 0.717) is 39.3 Å². The molecular weight excluding hydrogens is 464 g/mol. The average molecular weight is 482 g/mol. The van der Waals surface area contributed by atoms with Crippen LogP contribution in [0, 0.1) is 11.6 Å². The average Bonchev–Trinajstić information content (AvgIpc) is 2.82. The molecule has 1 heterocycles. The summed E-state index contributed by atoms with van der Waals surface area (Å²) < 4.78 is 31.9. The van der Waals surface area contributed by atoms with Gasteiger partial charge in [0.25, 0.3) is 0 Å². The van der Waals surface area contributed by atoms with Crippen molar-refractivity contribution < 1.29 is 18.3 Å². The number of hydrogen-bond acceptors (Lipinski definition) is 5. The highest BCUT2D eigenvalue weighted by Gasteiger charge is 2.12. The van der Waals surface area contributed by atoms with Crippen molar-refractivity contribution >= 4 is 51.8 Å². The topological polar surface area (TPSA) is 87.6 Å². The molecule has 0 bridgehead atoms. The SMILES string of the molecule is COc1cc2nccc(Nc3ccc(F)c(Cl)c3)c2cc1NC(=O)N/N=C/c1ccc(F)cc1. The summed E-state index contributed by atoms with van der Waals surface area (Å²) in [7, 11) is 1.47. The van der Waals surface area contributed by atoms with Gasteiger partial charge in [-0.1, -0.05) is 23.7 Å². The fourth-order valence-corrected chi connectivity index (χ4v) is 3.32. The molecule has 4 rings (SSSR count). The first-order valence-electron chi connectivity index (χ1n) is 9.97. The highest BCUT2D eigenvalue weighted by Crippen LogP contribution is 2.34. The van der Waals surface area contributed by atoms with Crippen LogP contribution in [0.15, 0.2) is 72.0 Å². The van der Waals surface area contributed by atoms with E-state index in [0.717, 1.165) is 0 Å². The van der Waals surface area contributed by atoms with E-state index in [-0.39, 0.29) is 10.8 Å². The molecule has 34 heavy (non-hydrogen) atoms. The predicted octanol–water partition coefficient (Wildman–Crippen LogP) is 6.07. The fourth-order valence-electron chi connectivity index (χ4n) is 3.14. The molecule has 2 amide bonds. The van der Waals surface area contributed by atoms with Gasteiger partial charge in [0.2, 0.25) is 0 Å². The minimum absolute atomic E-state index is 0.00903. The number of nitrogens with one attached hydrogen (secondary N) is 3. The molecule has 7 nitrogen and oxygen atoms in total. The molecule has 3 aromatic carbocycles. The van der Waals surface area contributed by atoms with E-state index in [1.165, 1.54) is 49.7 Å². The number of ether oxygens (including phenoxy) is 1. The van der Waals surface area contributed by atoms with E-state index in [2.05, 4.69) is 26.1 Å². The van der Waals surface area contributed by atoms with Crippen LogP contribution in [0.5, 0.6) is 5.75 Å². The highest BCUT2D eigenvalue weighted by molar-refractivity contribution is 6.31. The number of anilines is 3. The lowest BCUT2D eigenvalue weighted by Crippen LogP contribution is -2.24. The second kappa shape index (κ2) is 10.1. The molecule has 10 heteroatoms. The van der Waals surface area contributed by atoms with Gasteiger partial charge in [-0.3, -0.25) is 4.98 Å². The summed E-state index contributed by atoms with van der Waals surface area (Å²) in [6.45, 7) is 0. The van der Waals surface area contributed by atoms with Crippen LogP contribution in [0.3, 0.4) is 0 Å². The van der Waals surface area contributed by atoms with Gasteiger partial charge in [0.15, 0.2) is 0 Å². The lowest BCUT2D eigenvalue weighted by atomic mass is 10.1. The Hall–Kier alpha value is -4.24. The molecule has 172 valence electrons. The number of urea groups is 1. The van der Waals surface area contributed by atoms with Gasteiger partial charge in [0, 0.05) is 29.0 Å². The Morgan fingerprint density at radius 1 is 1.06 bits per heavy atom. The zero-order chi connectivity index (χ0) is 24.1. The Morgan fingerprint density at radius 2 is 1.85 bits per heavy atom. The van der Waals surface area contributed by atoms with Gasteiger partial charge in [0.1, 0.15) is 17.4 Å². The maximum absolute atomic E-state index is 13.5. The monoisotopic (exact) mass is 481 g/mol. The molecule has 0 spiro atoms.